The van der Waals surface area contributed by atoms with Gasteiger partial charge in [-0.25, -0.2) is 4.85 Å². The van der Waals surface area contributed by atoms with E-state index in [0.717, 1.165) is 27.6 Å². The lowest BCUT2D eigenvalue weighted by atomic mass is 9.69. The molecule has 0 fully saturated rings. The van der Waals surface area contributed by atoms with E-state index >= 15 is 0 Å². The maximum Gasteiger partial charge on any atom is 0.205 e. The van der Waals surface area contributed by atoms with Crippen LogP contribution in [-0.2, 0) is 5.41 Å². The van der Waals surface area contributed by atoms with Crippen molar-refractivity contribution in [1.82, 2.24) is 9.97 Å². The van der Waals surface area contributed by atoms with Gasteiger partial charge in [-0.1, -0.05) is 84.9 Å². The molecule has 9 rings (SSSR count). The van der Waals surface area contributed by atoms with Gasteiger partial charge in [0.05, 0.1) is 17.6 Å². The van der Waals surface area contributed by atoms with Crippen molar-refractivity contribution < 1.29 is 0 Å². The minimum Gasteiger partial charge on any atom is -0.276 e. The second-order valence-electron chi connectivity index (χ2n) is 11.6. The first kappa shape index (κ1) is 25.2. The summed E-state index contributed by atoms with van der Waals surface area (Å²) in [5.74, 6) is 0. The third-order valence-corrected chi connectivity index (χ3v) is 9.45. The summed E-state index contributed by atoms with van der Waals surface area (Å²) in [4.78, 5) is 12.3. The van der Waals surface area contributed by atoms with E-state index in [9.17, 15) is 5.26 Å². The van der Waals surface area contributed by atoms with E-state index in [1.54, 1.807) is 12.4 Å². The summed E-state index contributed by atoms with van der Waals surface area (Å²) in [6, 6.07) is 41.4. The highest BCUT2D eigenvalue weighted by Crippen LogP contribution is 2.64. The average Bonchev–Trinajstić information content (AvgIpc) is 3.58. The average molecular weight is 571 g/mol. The van der Waals surface area contributed by atoms with Crippen LogP contribution in [0.2, 0.25) is 0 Å². The number of rotatable bonds is 2. The first-order valence-electron chi connectivity index (χ1n) is 14.8. The molecule has 5 aromatic carbocycles. The van der Waals surface area contributed by atoms with E-state index in [4.69, 9.17) is 6.57 Å². The highest BCUT2D eigenvalue weighted by molar-refractivity contribution is 6.05. The predicted octanol–water partition coefficient (Wildman–Crippen LogP) is 9.73. The zero-order chi connectivity index (χ0) is 30.1. The van der Waals surface area contributed by atoms with Crippen molar-refractivity contribution in [2.24, 2.45) is 0 Å². The van der Waals surface area contributed by atoms with Crippen LogP contribution in [0.5, 0.6) is 0 Å². The molecule has 4 heteroatoms. The smallest absolute Gasteiger partial charge is 0.205 e. The number of fused-ring (bicyclic) bond motifs is 12. The first-order valence-corrected chi connectivity index (χ1v) is 14.8. The van der Waals surface area contributed by atoms with Gasteiger partial charge >= 0.3 is 0 Å². The Morgan fingerprint density at radius 3 is 1.98 bits per heavy atom. The van der Waals surface area contributed by atoms with Crippen LogP contribution in [-0.4, -0.2) is 9.97 Å². The number of benzene rings is 5. The van der Waals surface area contributed by atoms with Gasteiger partial charge in [-0.15, -0.1) is 0 Å². The molecule has 2 heterocycles. The summed E-state index contributed by atoms with van der Waals surface area (Å²) >= 11 is 0. The second kappa shape index (κ2) is 9.32. The Morgan fingerprint density at radius 1 is 0.578 bits per heavy atom. The number of nitriles is 1. The normalized spacial score (nSPS) is 13.0. The molecule has 206 valence electrons. The summed E-state index contributed by atoms with van der Waals surface area (Å²) in [6.07, 6.45) is 6.86. The number of aromatic nitrogens is 2. The van der Waals surface area contributed by atoms with Crippen LogP contribution in [0.15, 0.2) is 134 Å². The maximum absolute atomic E-state index is 9.58. The van der Waals surface area contributed by atoms with Crippen molar-refractivity contribution in [3.63, 3.8) is 0 Å². The van der Waals surface area contributed by atoms with Crippen LogP contribution in [0.25, 0.3) is 60.1 Å². The Bertz CT molecular complexity index is 2430. The minimum absolute atomic E-state index is 0.527. The molecule has 0 saturated carbocycles. The third kappa shape index (κ3) is 3.40. The van der Waals surface area contributed by atoms with Gasteiger partial charge in [0.1, 0.15) is 6.07 Å². The molecule has 0 atom stereocenters. The van der Waals surface area contributed by atoms with Crippen LogP contribution < -0.4 is 0 Å². The fourth-order valence-electron chi connectivity index (χ4n) is 7.64. The van der Waals surface area contributed by atoms with Gasteiger partial charge in [0.15, 0.2) is 0 Å². The molecule has 2 aliphatic carbocycles. The van der Waals surface area contributed by atoms with E-state index in [0.29, 0.717) is 11.3 Å². The predicted molar refractivity (Wildman–Crippen MR) is 178 cm³/mol. The van der Waals surface area contributed by atoms with Gasteiger partial charge < -0.3 is 0 Å². The molecule has 0 unspecified atom stereocenters. The number of nitrogens with zero attached hydrogens (tertiary/aromatic N) is 4. The monoisotopic (exact) mass is 570 g/mol. The molecule has 2 aromatic heterocycles. The van der Waals surface area contributed by atoms with Crippen molar-refractivity contribution in [2.75, 3.05) is 0 Å². The van der Waals surface area contributed by atoms with Crippen LogP contribution >= 0.6 is 0 Å². The van der Waals surface area contributed by atoms with Crippen molar-refractivity contribution >= 4 is 16.5 Å². The van der Waals surface area contributed by atoms with E-state index < -0.39 is 5.41 Å². The van der Waals surface area contributed by atoms with E-state index in [1.165, 1.54) is 49.9 Å². The van der Waals surface area contributed by atoms with Gasteiger partial charge in [0.25, 0.3) is 0 Å². The Labute approximate surface area is 260 Å². The second-order valence-corrected chi connectivity index (χ2v) is 11.6. The standard InChI is InChI=1S/C41H22N4/c1-43-31-18-30(23-45-24-31)26-10-13-32-28(17-26)12-15-36-35-14-11-27(29-16-25(20-42)21-44-22-29)19-39(35)41(40(32)36)37-8-4-2-6-33(37)34-7-3-5-9-38(34)41/h2-19,21-24H. The third-order valence-electron chi connectivity index (χ3n) is 9.45. The summed E-state index contributed by atoms with van der Waals surface area (Å²) in [7, 11) is 0. The molecule has 0 bridgehead atoms. The van der Waals surface area contributed by atoms with E-state index in [1.807, 2.05) is 24.5 Å². The van der Waals surface area contributed by atoms with Crippen LogP contribution in [0.3, 0.4) is 0 Å². The Balaban J connectivity index is 1.37. The molecular formula is C41H22N4. The van der Waals surface area contributed by atoms with Gasteiger partial charge in [0, 0.05) is 30.4 Å². The van der Waals surface area contributed by atoms with Crippen LogP contribution in [0.1, 0.15) is 27.8 Å². The van der Waals surface area contributed by atoms with Crippen LogP contribution in [0, 0.1) is 17.9 Å². The van der Waals surface area contributed by atoms with Gasteiger partial charge in [-0.05, 0) is 96.2 Å². The number of hydrogen-bond acceptors (Lipinski definition) is 3. The molecule has 0 saturated heterocycles. The van der Waals surface area contributed by atoms with Crippen molar-refractivity contribution in [1.29, 1.82) is 5.26 Å². The SMILES string of the molecule is [C-]#[N+]c1cncc(-c2ccc3c4c(ccc3c2)-c2ccc(-c3cncc(C#N)c3)cc2C42c3ccccc3-c3ccccc32)c1. The van der Waals surface area contributed by atoms with Crippen molar-refractivity contribution in [3.05, 3.63) is 173 Å². The largest absolute Gasteiger partial charge is 0.276 e. The fourth-order valence-corrected chi connectivity index (χ4v) is 7.64. The molecule has 2 aliphatic rings. The van der Waals surface area contributed by atoms with Crippen molar-refractivity contribution in [3.8, 4) is 50.6 Å². The molecule has 0 radical (unpaired) electrons. The minimum atomic E-state index is -0.527. The summed E-state index contributed by atoms with van der Waals surface area (Å²) < 4.78 is 0. The summed E-state index contributed by atoms with van der Waals surface area (Å²) in [6.45, 7) is 7.45. The van der Waals surface area contributed by atoms with E-state index in [2.05, 4.69) is 118 Å². The molecule has 0 aliphatic heterocycles. The molecule has 4 nitrogen and oxygen atoms in total. The molecule has 45 heavy (non-hydrogen) atoms. The number of hydrogen-bond donors (Lipinski definition) is 0. The van der Waals surface area contributed by atoms with Gasteiger partial charge in [-0.3, -0.25) is 9.97 Å². The molecule has 0 amide bonds. The first-order chi connectivity index (χ1) is 22.2. The molecule has 1 spiro atoms. The van der Waals surface area contributed by atoms with Gasteiger partial charge in [-0.2, -0.15) is 5.26 Å². The van der Waals surface area contributed by atoms with Gasteiger partial charge in [0.2, 0.25) is 5.69 Å². The lowest BCUT2D eigenvalue weighted by Gasteiger charge is -2.31. The van der Waals surface area contributed by atoms with E-state index in [-0.39, 0.29) is 0 Å². The van der Waals surface area contributed by atoms with Crippen LogP contribution in [0.4, 0.5) is 5.69 Å². The molecule has 0 N–H and O–H groups in total. The fraction of sp³-hybridized carbons (Fsp3) is 0.0244. The maximum atomic E-state index is 9.58. The highest BCUT2D eigenvalue weighted by Gasteiger charge is 2.52. The molecule has 7 aromatic rings. The lowest BCUT2D eigenvalue weighted by molar-refractivity contribution is 0.801. The Kier molecular flexibility index (Phi) is 5.21. The highest BCUT2D eigenvalue weighted by atomic mass is 14.7. The zero-order valence-electron chi connectivity index (χ0n) is 24.0. The topological polar surface area (TPSA) is 53.9 Å². The summed E-state index contributed by atoms with van der Waals surface area (Å²) in [5.41, 5.74) is 14.5. The molecular weight excluding hydrogens is 548 g/mol. The lowest BCUT2D eigenvalue weighted by Crippen LogP contribution is -2.26. The summed E-state index contributed by atoms with van der Waals surface area (Å²) in [5, 5.41) is 11.9. The zero-order valence-corrected chi connectivity index (χ0v) is 24.0. The number of pyridine rings is 2. The Morgan fingerprint density at radius 2 is 1.22 bits per heavy atom. The quantitative estimate of drug-likeness (QED) is 0.194. The Hall–Kier alpha value is -6.36. The van der Waals surface area contributed by atoms with Crippen molar-refractivity contribution in [2.45, 2.75) is 5.41 Å².